The van der Waals surface area contributed by atoms with E-state index >= 15 is 0 Å². The Labute approximate surface area is 96.8 Å². The van der Waals surface area contributed by atoms with Crippen LogP contribution in [0.25, 0.3) is 0 Å². The number of aldehydes is 1. The van der Waals surface area contributed by atoms with Gasteiger partial charge in [0.25, 0.3) is 0 Å². The third-order valence-electron chi connectivity index (χ3n) is 2.55. The third kappa shape index (κ3) is 3.66. The van der Waals surface area contributed by atoms with E-state index in [0.717, 1.165) is 31.4 Å². The highest BCUT2D eigenvalue weighted by molar-refractivity contribution is 5.51. The van der Waals surface area contributed by atoms with Gasteiger partial charge in [0.05, 0.1) is 13.7 Å². The van der Waals surface area contributed by atoms with Crippen molar-refractivity contribution in [2.45, 2.75) is 19.8 Å². The highest BCUT2D eigenvalue weighted by Gasteiger charge is 2.03. The molecule has 0 aliphatic heterocycles. The van der Waals surface area contributed by atoms with Crippen molar-refractivity contribution in [2.75, 3.05) is 20.2 Å². The van der Waals surface area contributed by atoms with Crippen molar-refractivity contribution < 1.29 is 9.53 Å². The van der Waals surface area contributed by atoms with Crippen molar-refractivity contribution >= 4 is 6.29 Å². The average molecular weight is 221 g/mol. The summed E-state index contributed by atoms with van der Waals surface area (Å²) in [5.74, 6) is 0.921. The summed E-state index contributed by atoms with van der Waals surface area (Å²) in [6.07, 6.45) is 2.78. The Morgan fingerprint density at radius 3 is 2.88 bits per heavy atom. The number of hydrogen-bond acceptors (Lipinski definition) is 3. The second-order valence-electron chi connectivity index (χ2n) is 3.62. The number of nitrogens with one attached hydrogen (secondary N) is 1. The monoisotopic (exact) mass is 221 g/mol. The standard InChI is InChI=1S/C13H19NO2/c1-3-11-4-5-13(16-2)12(10-11)6-7-14-8-9-15/h4-5,9-10,14H,3,6-8H2,1-2H3. The molecule has 3 heteroatoms. The first kappa shape index (κ1) is 12.7. The smallest absolute Gasteiger partial charge is 0.133 e. The van der Waals surface area contributed by atoms with Gasteiger partial charge in [-0.05, 0) is 36.6 Å². The van der Waals surface area contributed by atoms with E-state index in [1.165, 1.54) is 11.1 Å². The summed E-state index contributed by atoms with van der Waals surface area (Å²) in [7, 11) is 1.68. The lowest BCUT2D eigenvalue weighted by atomic mass is 10.1. The Morgan fingerprint density at radius 2 is 2.25 bits per heavy atom. The first-order valence-electron chi connectivity index (χ1n) is 5.62. The van der Waals surface area contributed by atoms with E-state index in [0.29, 0.717) is 6.54 Å². The normalized spacial score (nSPS) is 10.1. The van der Waals surface area contributed by atoms with Gasteiger partial charge in [0.15, 0.2) is 0 Å². The summed E-state index contributed by atoms with van der Waals surface area (Å²) in [6, 6.07) is 6.26. The topological polar surface area (TPSA) is 38.3 Å². The van der Waals surface area contributed by atoms with Gasteiger partial charge in [0, 0.05) is 0 Å². The molecule has 88 valence electrons. The second kappa shape index (κ2) is 7.01. The molecule has 1 rings (SSSR count). The maximum absolute atomic E-state index is 10.2. The Bertz CT molecular complexity index is 337. The van der Waals surface area contributed by atoms with Crippen LogP contribution in [0.1, 0.15) is 18.1 Å². The van der Waals surface area contributed by atoms with E-state index in [1.54, 1.807) is 7.11 Å². The van der Waals surface area contributed by atoms with Gasteiger partial charge in [0.1, 0.15) is 12.0 Å². The van der Waals surface area contributed by atoms with Gasteiger partial charge in [-0.2, -0.15) is 0 Å². The van der Waals surface area contributed by atoms with Crippen molar-refractivity contribution in [1.82, 2.24) is 5.32 Å². The molecule has 1 aromatic rings. The van der Waals surface area contributed by atoms with Crippen LogP contribution in [0.3, 0.4) is 0 Å². The number of benzene rings is 1. The minimum atomic E-state index is 0.412. The number of methoxy groups -OCH3 is 1. The fraction of sp³-hybridized carbons (Fsp3) is 0.462. The lowest BCUT2D eigenvalue weighted by molar-refractivity contribution is -0.107. The van der Waals surface area contributed by atoms with Crippen LogP contribution in [0.4, 0.5) is 0 Å². The molecule has 0 fully saturated rings. The molecule has 3 nitrogen and oxygen atoms in total. The molecule has 0 radical (unpaired) electrons. The first-order chi connectivity index (χ1) is 7.81. The highest BCUT2D eigenvalue weighted by atomic mass is 16.5. The van der Waals surface area contributed by atoms with Crippen molar-refractivity contribution in [1.29, 1.82) is 0 Å². The Hall–Kier alpha value is -1.35. The predicted octanol–water partition coefficient (Wildman–Crippen LogP) is 1.59. The molecule has 1 N–H and O–H groups in total. The highest BCUT2D eigenvalue weighted by Crippen LogP contribution is 2.20. The Kier molecular flexibility index (Phi) is 5.57. The summed E-state index contributed by atoms with van der Waals surface area (Å²) >= 11 is 0. The van der Waals surface area contributed by atoms with Gasteiger partial charge >= 0.3 is 0 Å². The minimum absolute atomic E-state index is 0.412. The van der Waals surface area contributed by atoms with Crippen LogP contribution in [0.15, 0.2) is 18.2 Å². The number of ether oxygens (including phenoxy) is 1. The second-order valence-corrected chi connectivity index (χ2v) is 3.62. The van der Waals surface area contributed by atoms with E-state index < -0.39 is 0 Å². The van der Waals surface area contributed by atoms with Crippen LogP contribution in [-0.4, -0.2) is 26.5 Å². The van der Waals surface area contributed by atoms with Crippen molar-refractivity contribution in [3.63, 3.8) is 0 Å². The lowest BCUT2D eigenvalue weighted by Crippen LogP contribution is -2.19. The van der Waals surface area contributed by atoms with Gasteiger partial charge in [-0.1, -0.05) is 19.1 Å². The molecule has 1 aromatic carbocycles. The van der Waals surface area contributed by atoms with Gasteiger partial charge in [-0.3, -0.25) is 0 Å². The van der Waals surface area contributed by atoms with E-state index in [1.807, 2.05) is 6.07 Å². The molecular weight excluding hydrogens is 202 g/mol. The lowest BCUT2D eigenvalue weighted by Gasteiger charge is -2.10. The summed E-state index contributed by atoms with van der Waals surface area (Å²) in [5, 5.41) is 3.05. The van der Waals surface area contributed by atoms with Gasteiger partial charge < -0.3 is 14.8 Å². The van der Waals surface area contributed by atoms with Gasteiger partial charge in [0.2, 0.25) is 0 Å². The van der Waals surface area contributed by atoms with Crippen LogP contribution in [-0.2, 0) is 17.6 Å². The number of carbonyl (C=O) groups is 1. The Balaban J connectivity index is 2.63. The van der Waals surface area contributed by atoms with Crippen molar-refractivity contribution in [2.24, 2.45) is 0 Å². The molecular formula is C13H19NO2. The maximum atomic E-state index is 10.2. The maximum Gasteiger partial charge on any atom is 0.133 e. The van der Waals surface area contributed by atoms with E-state index in [-0.39, 0.29) is 0 Å². The van der Waals surface area contributed by atoms with Crippen LogP contribution in [0.2, 0.25) is 0 Å². The van der Waals surface area contributed by atoms with E-state index in [4.69, 9.17) is 4.74 Å². The van der Waals surface area contributed by atoms with Crippen molar-refractivity contribution in [3.8, 4) is 5.75 Å². The van der Waals surface area contributed by atoms with Crippen LogP contribution < -0.4 is 10.1 Å². The molecule has 0 bridgehead atoms. The van der Waals surface area contributed by atoms with Gasteiger partial charge in [-0.15, -0.1) is 0 Å². The number of hydrogen-bond donors (Lipinski definition) is 1. The molecule has 0 saturated carbocycles. The minimum Gasteiger partial charge on any atom is -0.496 e. The number of rotatable bonds is 7. The summed E-state index contributed by atoms with van der Waals surface area (Å²) < 4.78 is 5.30. The third-order valence-corrected chi connectivity index (χ3v) is 2.55. The molecule has 0 aliphatic rings. The van der Waals surface area contributed by atoms with Crippen LogP contribution in [0.5, 0.6) is 5.75 Å². The molecule has 0 aliphatic carbocycles. The molecule has 0 heterocycles. The number of aryl methyl sites for hydroxylation is 1. The Morgan fingerprint density at radius 1 is 1.44 bits per heavy atom. The fourth-order valence-electron chi connectivity index (χ4n) is 1.63. The van der Waals surface area contributed by atoms with E-state index in [9.17, 15) is 4.79 Å². The quantitative estimate of drug-likeness (QED) is 0.561. The summed E-state index contributed by atoms with van der Waals surface area (Å²) in [5.41, 5.74) is 2.51. The van der Waals surface area contributed by atoms with Crippen LogP contribution >= 0.6 is 0 Å². The average Bonchev–Trinajstić information content (AvgIpc) is 2.34. The molecule has 0 unspecified atom stereocenters. The molecule has 0 saturated heterocycles. The molecule has 0 amide bonds. The first-order valence-corrected chi connectivity index (χ1v) is 5.62. The predicted molar refractivity (Wildman–Crippen MR) is 65.0 cm³/mol. The fourth-order valence-corrected chi connectivity index (χ4v) is 1.63. The zero-order valence-corrected chi connectivity index (χ0v) is 9.95. The van der Waals surface area contributed by atoms with Crippen molar-refractivity contribution in [3.05, 3.63) is 29.3 Å². The molecule has 16 heavy (non-hydrogen) atoms. The largest absolute Gasteiger partial charge is 0.496 e. The molecule has 0 spiro atoms. The molecule has 0 aromatic heterocycles. The van der Waals surface area contributed by atoms with Crippen LogP contribution in [0, 0.1) is 0 Å². The zero-order chi connectivity index (χ0) is 11.8. The number of carbonyl (C=O) groups excluding carboxylic acids is 1. The van der Waals surface area contributed by atoms with Gasteiger partial charge in [-0.25, -0.2) is 0 Å². The zero-order valence-electron chi connectivity index (χ0n) is 9.95. The SMILES string of the molecule is CCc1ccc(OC)c(CCNCC=O)c1. The summed E-state index contributed by atoms with van der Waals surface area (Å²) in [6.45, 7) is 3.34. The van der Waals surface area contributed by atoms with E-state index in [2.05, 4.69) is 24.4 Å². The summed E-state index contributed by atoms with van der Waals surface area (Å²) in [4.78, 5) is 10.2. The molecule has 0 atom stereocenters.